The molecule has 0 aliphatic carbocycles. The van der Waals surface area contributed by atoms with Crippen molar-refractivity contribution >= 4 is 66.0 Å². The fourth-order valence-corrected chi connectivity index (χ4v) is 5.39. The number of methoxy groups -OCH3 is 2. The number of hydrogen-bond donors (Lipinski definition) is 1. The van der Waals surface area contributed by atoms with Crippen LogP contribution in [0.25, 0.3) is 31.3 Å². The van der Waals surface area contributed by atoms with Gasteiger partial charge in [0.05, 0.1) is 35.7 Å². The largest absolute Gasteiger partial charge is 0.497 e. The first-order valence-electron chi connectivity index (χ1n) is 9.73. The maximum absolute atomic E-state index is 12.6. The van der Waals surface area contributed by atoms with Gasteiger partial charge in [0.2, 0.25) is 5.91 Å². The van der Waals surface area contributed by atoms with Gasteiger partial charge < -0.3 is 14.8 Å². The van der Waals surface area contributed by atoms with Crippen LogP contribution in [0.15, 0.2) is 59.9 Å². The van der Waals surface area contributed by atoms with Crippen molar-refractivity contribution in [3.63, 3.8) is 0 Å². The minimum absolute atomic E-state index is 0.151. The Balaban J connectivity index is 1.39. The molecule has 3 heterocycles. The Bertz CT molecular complexity index is 1450. The Labute approximate surface area is 191 Å². The van der Waals surface area contributed by atoms with Crippen molar-refractivity contribution in [3.05, 3.63) is 54.9 Å². The van der Waals surface area contributed by atoms with Crippen molar-refractivity contribution < 1.29 is 14.3 Å². The number of fused-ring (bicyclic) bond motifs is 4. The van der Waals surface area contributed by atoms with Gasteiger partial charge >= 0.3 is 0 Å². The van der Waals surface area contributed by atoms with Gasteiger partial charge in [-0.15, -0.1) is 11.3 Å². The molecule has 3 aromatic heterocycles. The number of thioether (sulfide) groups is 1. The average molecular weight is 463 g/mol. The normalized spacial score (nSPS) is 11.2. The Hall–Kier alpha value is -3.43. The highest BCUT2D eigenvalue weighted by atomic mass is 32.2. The molecule has 0 saturated heterocycles. The highest BCUT2D eigenvalue weighted by molar-refractivity contribution is 8.00. The van der Waals surface area contributed by atoms with Gasteiger partial charge in [-0.05, 0) is 12.1 Å². The van der Waals surface area contributed by atoms with Crippen LogP contribution in [-0.4, -0.2) is 40.8 Å². The zero-order chi connectivity index (χ0) is 22.1. The molecule has 32 heavy (non-hydrogen) atoms. The number of aromatic nitrogens is 3. The summed E-state index contributed by atoms with van der Waals surface area (Å²) >= 11 is 2.92. The van der Waals surface area contributed by atoms with E-state index in [9.17, 15) is 4.79 Å². The second-order valence-corrected chi connectivity index (χ2v) is 8.89. The molecule has 1 N–H and O–H groups in total. The number of nitrogens with zero attached hydrogens (tertiary/aromatic N) is 3. The first kappa shape index (κ1) is 20.5. The van der Waals surface area contributed by atoms with Gasteiger partial charge in [-0.2, -0.15) is 0 Å². The molecule has 1 amide bonds. The van der Waals surface area contributed by atoms with E-state index >= 15 is 0 Å². The van der Waals surface area contributed by atoms with Crippen LogP contribution in [0.4, 0.5) is 5.69 Å². The van der Waals surface area contributed by atoms with Crippen molar-refractivity contribution in [1.29, 1.82) is 0 Å². The molecule has 0 atom stereocenters. The number of ether oxygens (including phenoxy) is 2. The molecule has 0 spiro atoms. The summed E-state index contributed by atoms with van der Waals surface area (Å²) in [5.74, 6) is 1.27. The lowest BCUT2D eigenvalue weighted by Crippen LogP contribution is -2.14. The van der Waals surface area contributed by atoms with Crippen LogP contribution in [-0.2, 0) is 4.79 Å². The summed E-state index contributed by atoms with van der Waals surface area (Å²) in [7, 11) is 3.14. The fourth-order valence-electron chi connectivity index (χ4n) is 3.40. The summed E-state index contributed by atoms with van der Waals surface area (Å²) in [4.78, 5) is 27.2. The zero-order valence-corrected chi connectivity index (χ0v) is 18.9. The predicted octanol–water partition coefficient (Wildman–Crippen LogP) is 5.14. The molecule has 0 aliphatic rings. The summed E-state index contributed by atoms with van der Waals surface area (Å²) in [5, 5.41) is 5.72. The number of pyridine rings is 1. The number of anilines is 1. The van der Waals surface area contributed by atoms with E-state index in [1.807, 2.05) is 24.3 Å². The van der Waals surface area contributed by atoms with E-state index in [1.54, 1.807) is 43.8 Å². The minimum Gasteiger partial charge on any atom is -0.497 e. The molecule has 0 fully saturated rings. The van der Waals surface area contributed by atoms with E-state index in [-0.39, 0.29) is 11.7 Å². The van der Waals surface area contributed by atoms with Crippen LogP contribution in [0.2, 0.25) is 0 Å². The van der Waals surface area contributed by atoms with Gasteiger partial charge in [-0.25, -0.2) is 15.0 Å². The number of nitrogens with one attached hydrogen (secondary N) is 1. The van der Waals surface area contributed by atoms with Crippen LogP contribution in [0.5, 0.6) is 11.5 Å². The number of hydrogen-bond acceptors (Lipinski definition) is 8. The fraction of sp³-hybridized carbons (Fsp3) is 0.130. The van der Waals surface area contributed by atoms with E-state index in [2.05, 4.69) is 21.4 Å². The lowest BCUT2D eigenvalue weighted by atomic mass is 10.2. The molecule has 9 heteroatoms. The average Bonchev–Trinajstić information content (AvgIpc) is 3.19. The molecule has 0 unspecified atom stereocenters. The standard InChI is InChI=1S/C23H18N4O3S2/c1-29-15-8-14(9-16(10-15)30-2)26-19(28)11-31-23-21-20(24-12-25-23)17-7-13-5-3-4-6-18(13)27-22(17)32-21/h3-10,12H,11H2,1-2H3,(H,26,28). The second kappa shape index (κ2) is 8.60. The van der Waals surface area contributed by atoms with Crippen molar-refractivity contribution in [3.8, 4) is 11.5 Å². The molecule has 0 saturated carbocycles. The van der Waals surface area contributed by atoms with Crippen LogP contribution in [0.1, 0.15) is 0 Å². The topological polar surface area (TPSA) is 86.2 Å². The SMILES string of the molecule is COc1cc(NC(=O)CSc2ncnc3c2sc2nc4ccccc4cc23)cc(OC)c1. The first-order chi connectivity index (χ1) is 15.6. The van der Waals surface area contributed by atoms with Gasteiger partial charge in [-0.1, -0.05) is 30.0 Å². The second-order valence-electron chi connectivity index (χ2n) is 6.93. The van der Waals surface area contributed by atoms with Crippen molar-refractivity contribution in [1.82, 2.24) is 15.0 Å². The third-order valence-corrected chi connectivity index (χ3v) is 7.10. The number of carbonyl (C=O) groups is 1. The van der Waals surface area contributed by atoms with Crippen LogP contribution in [0.3, 0.4) is 0 Å². The molecule has 5 aromatic rings. The predicted molar refractivity (Wildman–Crippen MR) is 129 cm³/mol. The number of thiophene rings is 1. The summed E-state index contributed by atoms with van der Waals surface area (Å²) < 4.78 is 11.4. The summed E-state index contributed by atoms with van der Waals surface area (Å²) in [5.41, 5.74) is 2.41. The lowest BCUT2D eigenvalue weighted by Gasteiger charge is -2.09. The Kier molecular flexibility index (Phi) is 5.50. The van der Waals surface area contributed by atoms with E-state index in [0.717, 1.165) is 36.4 Å². The van der Waals surface area contributed by atoms with Gasteiger partial charge in [0.1, 0.15) is 27.7 Å². The van der Waals surface area contributed by atoms with E-state index in [4.69, 9.17) is 14.5 Å². The Morgan fingerprint density at radius 2 is 1.84 bits per heavy atom. The van der Waals surface area contributed by atoms with Gasteiger partial charge in [-0.3, -0.25) is 4.79 Å². The van der Waals surface area contributed by atoms with E-state index in [0.29, 0.717) is 17.2 Å². The number of para-hydroxylation sites is 1. The molecule has 2 aromatic carbocycles. The quantitative estimate of drug-likeness (QED) is 0.276. The highest BCUT2D eigenvalue weighted by Gasteiger charge is 2.15. The summed E-state index contributed by atoms with van der Waals surface area (Å²) in [6.07, 6.45) is 1.54. The van der Waals surface area contributed by atoms with Gasteiger partial charge in [0.15, 0.2) is 0 Å². The third kappa shape index (κ3) is 3.92. The highest BCUT2D eigenvalue weighted by Crippen LogP contribution is 2.37. The first-order valence-corrected chi connectivity index (χ1v) is 11.5. The van der Waals surface area contributed by atoms with Crippen molar-refractivity contribution in [2.75, 3.05) is 25.3 Å². The van der Waals surface area contributed by atoms with Crippen LogP contribution in [0, 0.1) is 0 Å². The third-order valence-electron chi connectivity index (χ3n) is 4.89. The van der Waals surface area contributed by atoms with E-state index < -0.39 is 0 Å². The number of benzene rings is 2. The molecule has 7 nitrogen and oxygen atoms in total. The van der Waals surface area contributed by atoms with Crippen LogP contribution < -0.4 is 14.8 Å². The summed E-state index contributed by atoms with van der Waals surface area (Å²) in [6.45, 7) is 0. The smallest absolute Gasteiger partial charge is 0.234 e. The van der Waals surface area contributed by atoms with Gasteiger partial charge in [0.25, 0.3) is 0 Å². The number of rotatable bonds is 6. The molecule has 0 aliphatic heterocycles. The molecule has 0 radical (unpaired) electrons. The van der Waals surface area contributed by atoms with Crippen molar-refractivity contribution in [2.45, 2.75) is 5.03 Å². The van der Waals surface area contributed by atoms with Crippen LogP contribution >= 0.6 is 23.1 Å². The monoisotopic (exact) mass is 462 g/mol. The summed E-state index contributed by atoms with van der Waals surface area (Å²) in [6, 6.07) is 15.4. The number of amides is 1. The minimum atomic E-state index is -0.151. The molecule has 160 valence electrons. The Morgan fingerprint density at radius 3 is 2.62 bits per heavy atom. The maximum atomic E-state index is 12.6. The van der Waals surface area contributed by atoms with Gasteiger partial charge in [0, 0.05) is 34.7 Å². The zero-order valence-electron chi connectivity index (χ0n) is 17.3. The molecular formula is C23H18N4O3S2. The molecular weight excluding hydrogens is 444 g/mol. The number of carbonyl (C=O) groups excluding carboxylic acids is 1. The molecule has 5 rings (SSSR count). The maximum Gasteiger partial charge on any atom is 0.234 e. The van der Waals surface area contributed by atoms with E-state index in [1.165, 1.54) is 18.1 Å². The lowest BCUT2D eigenvalue weighted by molar-refractivity contribution is -0.113. The molecule has 0 bridgehead atoms. The Morgan fingerprint density at radius 1 is 1.06 bits per heavy atom. The van der Waals surface area contributed by atoms with Crippen molar-refractivity contribution in [2.24, 2.45) is 0 Å².